The van der Waals surface area contributed by atoms with Gasteiger partial charge in [-0.25, -0.2) is 0 Å². The van der Waals surface area contributed by atoms with E-state index in [-0.39, 0.29) is 0 Å². The molecular formula is C17H24O2. The predicted molar refractivity (Wildman–Crippen MR) is 79.8 cm³/mol. The lowest BCUT2D eigenvalue weighted by atomic mass is 9.89. The monoisotopic (exact) mass is 260 g/mol. The third kappa shape index (κ3) is 4.21. The van der Waals surface area contributed by atoms with Gasteiger partial charge in [0.05, 0.1) is 13.7 Å². The van der Waals surface area contributed by atoms with Crippen LogP contribution in [0.15, 0.2) is 18.2 Å². The Bertz CT molecular complexity index is 454. The van der Waals surface area contributed by atoms with Crippen LogP contribution in [0.25, 0.3) is 0 Å². The summed E-state index contributed by atoms with van der Waals surface area (Å²) in [6.07, 6.45) is 0.991. The minimum Gasteiger partial charge on any atom is -0.493 e. The minimum absolute atomic E-state index is 0.331. The maximum Gasteiger partial charge on any atom is 0.161 e. The van der Waals surface area contributed by atoms with Gasteiger partial charge in [0.15, 0.2) is 11.5 Å². The van der Waals surface area contributed by atoms with E-state index in [4.69, 9.17) is 9.47 Å². The van der Waals surface area contributed by atoms with Crippen LogP contribution >= 0.6 is 0 Å². The van der Waals surface area contributed by atoms with Crippen molar-refractivity contribution in [3.05, 3.63) is 23.8 Å². The van der Waals surface area contributed by atoms with Crippen LogP contribution in [0.5, 0.6) is 11.5 Å². The molecule has 0 aliphatic heterocycles. The summed E-state index contributed by atoms with van der Waals surface area (Å²) in [5.41, 5.74) is 1.23. The van der Waals surface area contributed by atoms with Crippen molar-refractivity contribution in [2.75, 3.05) is 13.7 Å². The van der Waals surface area contributed by atoms with E-state index in [0.717, 1.165) is 17.9 Å². The fraction of sp³-hybridized carbons (Fsp3) is 0.529. The molecule has 0 saturated carbocycles. The summed E-state index contributed by atoms with van der Waals surface area (Å²) in [5.74, 6) is 8.51. The van der Waals surface area contributed by atoms with Gasteiger partial charge in [-0.15, -0.1) is 5.92 Å². The second kappa shape index (κ2) is 7.74. The van der Waals surface area contributed by atoms with Crippen LogP contribution in [0, 0.1) is 17.8 Å². The Morgan fingerprint density at radius 2 is 1.95 bits per heavy atom. The van der Waals surface area contributed by atoms with E-state index in [0.29, 0.717) is 18.4 Å². The standard InChI is InChI=1S/C17H24O2/c1-6-8-13(3)14(4)15-9-10-16(19-11-7-2)17(12-15)18-5/h9-10,12-14H,7,11H2,1-5H3. The molecule has 2 heteroatoms. The fourth-order valence-electron chi connectivity index (χ4n) is 1.94. The quantitative estimate of drug-likeness (QED) is 0.712. The molecule has 1 rings (SSSR count). The van der Waals surface area contributed by atoms with Crippen molar-refractivity contribution in [1.82, 2.24) is 0 Å². The molecule has 1 aromatic rings. The van der Waals surface area contributed by atoms with Crippen molar-refractivity contribution in [3.8, 4) is 23.3 Å². The number of hydrogen-bond acceptors (Lipinski definition) is 2. The SMILES string of the molecule is CC#CC(C)C(C)c1ccc(OCCC)c(OC)c1. The van der Waals surface area contributed by atoms with E-state index >= 15 is 0 Å². The molecule has 0 aliphatic rings. The summed E-state index contributed by atoms with van der Waals surface area (Å²) in [6.45, 7) is 9.02. The molecular weight excluding hydrogens is 236 g/mol. The molecule has 19 heavy (non-hydrogen) atoms. The zero-order valence-corrected chi connectivity index (χ0v) is 12.6. The van der Waals surface area contributed by atoms with Crippen LogP contribution < -0.4 is 9.47 Å². The van der Waals surface area contributed by atoms with Gasteiger partial charge in [-0.05, 0) is 37.0 Å². The van der Waals surface area contributed by atoms with E-state index < -0.39 is 0 Å². The van der Waals surface area contributed by atoms with Crippen LogP contribution in [0.1, 0.15) is 45.6 Å². The first-order valence-corrected chi connectivity index (χ1v) is 6.87. The van der Waals surface area contributed by atoms with Gasteiger partial charge >= 0.3 is 0 Å². The lowest BCUT2D eigenvalue weighted by Crippen LogP contribution is -2.05. The lowest BCUT2D eigenvalue weighted by Gasteiger charge is -2.18. The third-order valence-corrected chi connectivity index (χ3v) is 3.30. The van der Waals surface area contributed by atoms with E-state index in [1.165, 1.54) is 5.56 Å². The Kier molecular flexibility index (Phi) is 6.29. The van der Waals surface area contributed by atoms with Crippen LogP contribution in [0.4, 0.5) is 0 Å². The van der Waals surface area contributed by atoms with Gasteiger partial charge in [-0.1, -0.05) is 32.8 Å². The fourth-order valence-corrected chi connectivity index (χ4v) is 1.94. The molecule has 0 amide bonds. The number of ether oxygens (including phenoxy) is 2. The molecule has 0 aromatic heterocycles. The number of rotatable bonds is 6. The summed E-state index contributed by atoms with van der Waals surface area (Å²) in [7, 11) is 1.68. The summed E-state index contributed by atoms with van der Waals surface area (Å²) >= 11 is 0. The first-order chi connectivity index (χ1) is 9.13. The van der Waals surface area contributed by atoms with Gasteiger partial charge in [0.1, 0.15) is 0 Å². The van der Waals surface area contributed by atoms with E-state index in [1.54, 1.807) is 7.11 Å². The van der Waals surface area contributed by atoms with Crippen LogP contribution in [0.3, 0.4) is 0 Å². The van der Waals surface area contributed by atoms with Gasteiger partial charge in [0.2, 0.25) is 0 Å². The predicted octanol–water partition coefficient (Wildman–Crippen LogP) is 4.25. The highest BCUT2D eigenvalue weighted by Crippen LogP contribution is 2.33. The second-order valence-electron chi connectivity index (χ2n) is 4.73. The molecule has 2 unspecified atom stereocenters. The first kappa shape index (κ1) is 15.4. The molecule has 104 valence electrons. The van der Waals surface area contributed by atoms with Crippen molar-refractivity contribution in [1.29, 1.82) is 0 Å². The maximum absolute atomic E-state index is 5.67. The minimum atomic E-state index is 0.331. The van der Waals surface area contributed by atoms with E-state index in [2.05, 4.69) is 44.7 Å². The molecule has 0 spiro atoms. The molecule has 0 heterocycles. The molecule has 2 atom stereocenters. The van der Waals surface area contributed by atoms with Crippen molar-refractivity contribution >= 4 is 0 Å². The molecule has 1 aromatic carbocycles. The van der Waals surface area contributed by atoms with Gasteiger partial charge < -0.3 is 9.47 Å². The molecule has 0 saturated heterocycles. The normalized spacial score (nSPS) is 13.1. The van der Waals surface area contributed by atoms with Crippen molar-refractivity contribution in [3.63, 3.8) is 0 Å². The largest absolute Gasteiger partial charge is 0.493 e. The summed E-state index contributed by atoms with van der Waals surface area (Å²) in [6, 6.07) is 6.15. The van der Waals surface area contributed by atoms with Crippen LogP contribution in [0.2, 0.25) is 0 Å². The van der Waals surface area contributed by atoms with Gasteiger partial charge in [-0.2, -0.15) is 0 Å². The molecule has 0 N–H and O–H groups in total. The highest BCUT2D eigenvalue weighted by Gasteiger charge is 2.15. The Morgan fingerprint density at radius 1 is 1.21 bits per heavy atom. The second-order valence-corrected chi connectivity index (χ2v) is 4.73. The zero-order valence-electron chi connectivity index (χ0n) is 12.6. The van der Waals surface area contributed by atoms with Crippen molar-refractivity contribution in [2.24, 2.45) is 5.92 Å². The van der Waals surface area contributed by atoms with Crippen LogP contribution in [-0.4, -0.2) is 13.7 Å². The average Bonchev–Trinajstić information content (AvgIpc) is 2.44. The Balaban J connectivity index is 2.94. The summed E-state index contributed by atoms with van der Waals surface area (Å²) in [5, 5.41) is 0. The van der Waals surface area contributed by atoms with E-state index in [9.17, 15) is 0 Å². The highest BCUT2D eigenvalue weighted by molar-refractivity contribution is 5.44. The van der Waals surface area contributed by atoms with Crippen molar-refractivity contribution < 1.29 is 9.47 Å². The first-order valence-electron chi connectivity index (χ1n) is 6.87. The lowest BCUT2D eigenvalue weighted by molar-refractivity contribution is 0.294. The van der Waals surface area contributed by atoms with Gasteiger partial charge in [0.25, 0.3) is 0 Å². The number of methoxy groups -OCH3 is 1. The Hall–Kier alpha value is -1.62. The Labute approximate surface area is 117 Å². The molecule has 0 bridgehead atoms. The summed E-state index contributed by atoms with van der Waals surface area (Å²) in [4.78, 5) is 0. The van der Waals surface area contributed by atoms with E-state index in [1.807, 2.05) is 13.0 Å². The van der Waals surface area contributed by atoms with Gasteiger partial charge in [0, 0.05) is 5.92 Å². The molecule has 0 aliphatic carbocycles. The summed E-state index contributed by atoms with van der Waals surface area (Å²) < 4.78 is 11.1. The number of hydrogen-bond donors (Lipinski definition) is 0. The van der Waals surface area contributed by atoms with Crippen molar-refractivity contribution in [2.45, 2.75) is 40.0 Å². The average molecular weight is 260 g/mol. The Morgan fingerprint density at radius 3 is 2.53 bits per heavy atom. The molecule has 0 radical (unpaired) electrons. The zero-order chi connectivity index (χ0) is 14.3. The smallest absolute Gasteiger partial charge is 0.161 e. The topological polar surface area (TPSA) is 18.5 Å². The highest BCUT2D eigenvalue weighted by atomic mass is 16.5. The number of benzene rings is 1. The van der Waals surface area contributed by atoms with Crippen LogP contribution in [-0.2, 0) is 0 Å². The maximum atomic E-state index is 5.67. The third-order valence-electron chi connectivity index (χ3n) is 3.30. The molecule has 2 nitrogen and oxygen atoms in total. The molecule has 0 fully saturated rings. The van der Waals surface area contributed by atoms with Gasteiger partial charge in [-0.3, -0.25) is 0 Å².